The molecule has 0 saturated heterocycles. The Balaban J connectivity index is 1.58. The second-order valence-electron chi connectivity index (χ2n) is 8.55. The molecule has 0 aromatic heterocycles. The first-order chi connectivity index (χ1) is 16.9. The summed E-state index contributed by atoms with van der Waals surface area (Å²) in [6, 6.07) is 45.1. The third-order valence-corrected chi connectivity index (χ3v) is 13.0. The standard InChI is InChI=1S/C32H24Se2/c1-2-14-31-27(8-1)22-34-33-21-23-16-18-24(19-17-23)28-11-3-4-12-29(28)25-9-7-10-26(20-25)30-13-5-6-15-32(30)31/h1-20H,21-22H2. The van der Waals surface area contributed by atoms with Gasteiger partial charge in [0.25, 0.3) is 0 Å². The third kappa shape index (κ3) is 4.31. The Bertz CT molecular complexity index is 1450. The van der Waals surface area contributed by atoms with Crippen LogP contribution in [0.1, 0.15) is 11.1 Å². The van der Waals surface area contributed by atoms with Gasteiger partial charge in [0.2, 0.25) is 0 Å². The fourth-order valence-corrected chi connectivity index (χ4v) is 11.2. The second kappa shape index (κ2) is 9.79. The molecule has 2 heteroatoms. The Morgan fingerprint density at radius 2 is 0.912 bits per heavy atom. The van der Waals surface area contributed by atoms with Crippen molar-refractivity contribution in [2.75, 3.05) is 0 Å². The van der Waals surface area contributed by atoms with E-state index in [4.69, 9.17) is 0 Å². The minimum absolute atomic E-state index is 0.636. The van der Waals surface area contributed by atoms with Crippen LogP contribution in [0.25, 0.3) is 44.5 Å². The number of benzene rings is 5. The van der Waals surface area contributed by atoms with Crippen molar-refractivity contribution in [1.29, 1.82) is 0 Å². The molecule has 0 fully saturated rings. The maximum atomic E-state index is 2.36. The van der Waals surface area contributed by atoms with E-state index in [-0.39, 0.29) is 0 Å². The first-order valence-electron chi connectivity index (χ1n) is 11.6. The van der Waals surface area contributed by atoms with Gasteiger partial charge in [-0.2, -0.15) is 0 Å². The Morgan fingerprint density at radius 3 is 1.62 bits per heavy atom. The molecule has 0 N–H and O–H groups in total. The normalized spacial score (nSPS) is 12.8. The van der Waals surface area contributed by atoms with Crippen LogP contribution in [0.2, 0.25) is 0 Å². The molecule has 0 amide bonds. The molecule has 0 radical (unpaired) electrons. The molecule has 0 atom stereocenters. The van der Waals surface area contributed by atoms with Crippen LogP contribution in [0.5, 0.6) is 0 Å². The molecular weight excluding hydrogens is 542 g/mol. The molecule has 5 aromatic rings. The van der Waals surface area contributed by atoms with Crippen LogP contribution in [-0.2, 0) is 10.6 Å². The summed E-state index contributed by atoms with van der Waals surface area (Å²) < 4.78 is 0. The van der Waals surface area contributed by atoms with Crippen molar-refractivity contribution >= 4 is 26.3 Å². The van der Waals surface area contributed by atoms with E-state index in [0.717, 1.165) is 0 Å². The Labute approximate surface area is 212 Å². The molecule has 0 nitrogen and oxygen atoms in total. The summed E-state index contributed by atoms with van der Waals surface area (Å²) in [4.78, 5) is 0. The molecule has 4 bridgehead atoms. The third-order valence-electron chi connectivity index (χ3n) is 6.43. The Kier molecular flexibility index (Phi) is 6.23. The van der Waals surface area contributed by atoms with Gasteiger partial charge in [-0.1, -0.05) is 0 Å². The molecule has 7 rings (SSSR count). The van der Waals surface area contributed by atoms with E-state index >= 15 is 0 Å². The summed E-state index contributed by atoms with van der Waals surface area (Å²) in [5.41, 5.74) is 13.4. The number of hydrogen-bond acceptors (Lipinski definition) is 0. The zero-order valence-electron chi connectivity index (χ0n) is 18.8. The molecule has 2 aliphatic rings. The monoisotopic (exact) mass is 568 g/mol. The average Bonchev–Trinajstić information content (AvgIpc) is 2.91. The maximum absolute atomic E-state index is 2.36. The van der Waals surface area contributed by atoms with Crippen LogP contribution in [0, 0.1) is 0 Å². The van der Waals surface area contributed by atoms with Gasteiger partial charge in [-0.3, -0.25) is 0 Å². The average molecular weight is 566 g/mol. The van der Waals surface area contributed by atoms with Gasteiger partial charge in [-0.15, -0.1) is 0 Å². The van der Waals surface area contributed by atoms with Crippen molar-refractivity contribution in [3.8, 4) is 44.5 Å². The fourth-order valence-electron chi connectivity index (χ4n) is 4.71. The van der Waals surface area contributed by atoms with Gasteiger partial charge in [0, 0.05) is 0 Å². The van der Waals surface area contributed by atoms with Crippen LogP contribution in [0.15, 0.2) is 121 Å². The van der Waals surface area contributed by atoms with E-state index in [1.165, 1.54) is 66.3 Å². The number of fused-ring (bicyclic) bond motifs is 5. The molecule has 2 heterocycles. The molecular formula is C32H24Se2. The van der Waals surface area contributed by atoms with Crippen LogP contribution < -0.4 is 0 Å². The Morgan fingerprint density at radius 1 is 0.382 bits per heavy atom. The minimum atomic E-state index is 0.636. The van der Waals surface area contributed by atoms with Crippen LogP contribution in [0.4, 0.5) is 0 Å². The van der Waals surface area contributed by atoms with E-state index in [1.54, 1.807) is 0 Å². The van der Waals surface area contributed by atoms with Crippen molar-refractivity contribution in [2.24, 2.45) is 0 Å². The molecule has 0 aliphatic carbocycles. The molecule has 0 unspecified atom stereocenters. The molecule has 2 aliphatic heterocycles. The predicted molar refractivity (Wildman–Crippen MR) is 147 cm³/mol. The Hall–Kier alpha value is -2.86. The summed E-state index contributed by atoms with van der Waals surface area (Å²) in [6.07, 6.45) is 0. The summed E-state index contributed by atoms with van der Waals surface area (Å²) in [6.45, 7) is 0. The predicted octanol–water partition coefficient (Wildman–Crippen LogP) is 7.69. The van der Waals surface area contributed by atoms with Gasteiger partial charge in [-0.25, -0.2) is 0 Å². The van der Waals surface area contributed by atoms with Crippen molar-refractivity contribution in [3.63, 3.8) is 0 Å². The van der Waals surface area contributed by atoms with E-state index in [0.29, 0.717) is 26.3 Å². The van der Waals surface area contributed by atoms with Crippen molar-refractivity contribution < 1.29 is 0 Å². The zero-order chi connectivity index (χ0) is 22.7. The van der Waals surface area contributed by atoms with Gasteiger partial charge in [0.05, 0.1) is 0 Å². The van der Waals surface area contributed by atoms with Crippen molar-refractivity contribution in [1.82, 2.24) is 0 Å². The van der Waals surface area contributed by atoms with Gasteiger partial charge < -0.3 is 0 Å². The summed E-state index contributed by atoms with van der Waals surface area (Å²) in [5.74, 6) is 0. The molecule has 164 valence electrons. The van der Waals surface area contributed by atoms with Gasteiger partial charge in [0.15, 0.2) is 0 Å². The zero-order valence-corrected chi connectivity index (χ0v) is 22.2. The SMILES string of the molecule is c1cc2cc(c1)-c1ccccc1-c1ccccc1C[Se][Se]Cc1ccc(cc1)-c1ccccc1-2. The van der Waals surface area contributed by atoms with Crippen molar-refractivity contribution in [2.45, 2.75) is 10.6 Å². The molecule has 5 aromatic carbocycles. The van der Waals surface area contributed by atoms with Crippen LogP contribution in [0.3, 0.4) is 0 Å². The fraction of sp³-hybridized carbons (Fsp3) is 0.0625. The van der Waals surface area contributed by atoms with Gasteiger partial charge in [0.1, 0.15) is 0 Å². The second-order valence-corrected chi connectivity index (χ2v) is 15.9. The van der Waals surface area contributed by atoms with Crippen LogP contribution >= 0.6 is 0 Å². The molecule has 34 heavy (non-hydrogen) atoms. The first-order valence-corrected chi connectivity index (χ1v) is 18.3. The molecule has 0 saturated carbocycles. The quantitative estimate of drug-likeness (QED) is 0.169. The summed E-state index contributed by atoms with van der Waals surface area (Å²) in [7, 11) is 0. The van der Waals surface area contributed by atoms with E-state index < -0.39 is 0 Å². The first kappa shape index (κ1) is 21.7. The van der Waals surface area contributed by atoms with Gasteiger partial charge in [-0.05, 0) is 0 Å². The number of hydrogen-bond donors (Lipinski definition) is 0. The van der Waals surface area contributed by atoms with Crippen molar-refractivity contribution in [3.05, 3.63) is 132 Å². The molecule has 0 spiro atoms. The van der Waals surface area contributed by atoms with E-state index in [9.17, 15) is 0 Å². The summed E-state index contributed by atoms with van der Waals surface area (Å²) >= 11 is 1.29. The van der Waals surface area contributed by atoms with Crippen LogP contribution in [-0.4, -0.2) is 26.3 Å². The van der Waals surface area contributed by atoms with E-state index in [2.05, 4.69) is 121 Å². The topological polar surface area (TPSA) is 0 Å². The van der Waals surface area contributed by atoms with Gasteiger partial charge >= 0.3 is 214 Å². The number of rotatable bonds is 0. The van der Waals surface area contributed by atoms with E-state index in [1.807, 2.05) is 0 Å². The summed E-state index contributed by atoms with van der Waals surface area (Å²) in [5, 5.41) is 2.41.